The topological polar surface area (TPSA) is 137 Å². The van der Waals surface area contributed by atoms with E-state index in [9.17, 15) is 19.5 Å². The third kappa shape index (κ3) is 2.09. The number of aryl methyl sites for hydroxylation is 1. The molecule has 0 bridgehead atoms. The van der Waals surface area contributed by atoms with E-state index < -0.39 is 23.9 Å². The maximum atomic E-state index is 11.5. The molecule has 1 aromatic rings. The molecule has 8 heteroatoms. The summed E-state index contributed by atoms with van der Waals surface area (Å²) in [6.07, 6.45) is 1.24. The van der Waals surface area contributed by atoms with Gasteiger partial charge in [0.25, 0.3) is 0 Å². The van der Waals surface area contributed by atoms with E-state index >= 15 is 0 Å². The summed E-state index contributed by atoms with van der Waals surface area (Å²) in [5, 5.41) is 30.3. The number of hydrogen-bond donors (Lipinski definition) is 4. The molecule has 22 heavy (non-hydrogen) atoms. The molecule has 1 aromatic heterocycles. The second-order valence-corrected chi connectivity index (χ2v) is 5.20. The van der Waals surface area contributed by atoms with Gasteiger partial charge >= 0.3 is 17.9 Å². The molecule has 1 unspecified atom stereocenters. The number of pyridine rings is 1. The highest BCUT2D eigenvalue weighted by atomic mass is 16.4. The second kappa shape index (κ2) is 4.83. The Morgan fingerprint density at radius 3 is 2.45 bits per heavy atom. The number of nitrogens with one attached hydrogen (secondary N) is 1. The van der Waals surface area contributed by atoms with Crippen molar-refractivity contribution < 1.29 is 29.7 Å². The molecule has 0 amide bonds. The van der Waals surface area contributed by atoms with Gasteiger partial charge in [0, 0.05) is 17.7 Å². The number of carbonyl (C=O) groups is 3. The van der Waals surface area contributed by atoms with Crippen molar-refractivity contribution in [1.82, 2.24) is 10.3 Å². The first-order valence-corrected chi connectivity index (χ1v) is 6.60. The predicted molar refractivity (Wildman–Crippen MR) is 72.6 cm³/mol. The van der Waals surface area contributed by atoms with Gasteiger partial charge in [-0.3, -0.25) is 0 Å². The number of carboxylic acids is 3. The molecule has 114 valence electrons. The van der Waals surface area contributed by atoms with E-state index in [0.29, 0.717) is 36.2 Å². The Morgan fingerprint density at radius 2 is 1.86 bits per heavy atom. The van der Waals surface area contributed by atoms with Crippen LogP contribution in [0.15, 0.2) is 11.6 Å². The van der Waals surface area contributed by atoms with E-state index in [1.165, 1.54) is 0 Å². The van der Waals surface area contributed by atoms with Crippen LogP contribution in [0.5, 0.6) is 0 Å². The fourth-order valence-electron chi connectivity index (χ4n) is 2.91. The van der Waals surface area contributed by atoms with Gasteiger partial charge in [-0.25, -0.2) is 19.4 Å². The van der Waals surface area contributed by atoms with Crippen LogP contribution in [-0.2, 0) is 11.2 Å². The molecule has 1 atom stereocenters. The Bertz CT molecular complexity index is 752. The zero-order valence-electron chi connectivity index (χ0n) is 11.3. The molecule has 1 aliphatic heterocycles. The number of aliphatic carboxylic acids is 1. The summed E-state index contributed by atoms with van der Waals surface area (Å²) in [6, 6.07) is 0.214. The van der Waals surface area contributed by atoms with Gasteiger partial charge in [0.15, 0.2) is 0 Å². The van der Waals surface area contributed by atoms with Gasteiger partial charge < -0.3 is 20.6 Å². The number of aromatic nitrogens is 1. The van der Waals surface area contributed by atoms with Gasteiger partial charge in [-0.1, -0.05) is 0 Å². The number of nitrogens with zero attached hydrogens (tertiary/aromatic N) is 1. The average Bonchev–Trinajstić information content (AvgIpc) is 2.90. The lowest BCUT2D eigenvalue weighted by molar-refractivity contribution is -0.138. The Kier molecular flexibility index (Phi) is 3.09. The summed E-state index contributed by atoms with van der Waals surface area (Å²) < 4.78 is 0. The molecule has 2 aliphatic rings. The normalized spacial score (nSPS) is 19.2. The summed E-state index contributed by atoms with van der Waals surface area (Å²) in [5.74, 6) is -3.58. The van der Waals surface area contributed by atoms with Crippen molar-refractivity contribution in [2.45, 2.75) is 25.3 Å². The zero-order chi connectivity index (χ0) is 16.0. The quantitative estimate of drug-likeness (QED) is 0.636. The number of aromatic carboxylic acids is 2. The number of carboxylic acid groups (broad SMARTS) is 3. The van der Waals surface area contributed by atoms with Gasteiger partial charge in [0.2, 0.25) is 0 Å². The summed E-state index contributed by atoms with van der Waals surface area (Å²) in [4.78, 5) is 37.7. The van der Waals surface area contributed by atoms with Gasteiger partial charge in [0.05, 0.1) is 11.3 Å². The van der Waals surface area contributed by atoms with Crippen LogP contribution in [0.3, 0.4) is 0 Å². The van der Waals surface area contributed by atoms with Crippen LogP contribution in [0, 0.1) is 0 Å². The Morgan fingerprint density at radius 1 is 1.14 bits per heavy atom. The third-order valence-corrected chi connectivity index (χ3v) is 3.88. The summed E-state index contributed by atoms with van der Waals surface area (Å²) in [7, 11) is 0. The summed E-state index contributed by atoms with van der Waals surface area (Å²) in [6.45, 7) is 0. The second-order valence-electron chi connectivity index (χ2n) is 5.20. The number of hydrogen-bond acceptors (Lipinski definition) is 5. The van der Waals surface area contributed by atoms with Crippen LogP contribution in [0.4, 0.5) is 0 Å². The third-order valence-electron chi connectivity index (χ3n) is 3.88. The number of rotatable bonds is 3. The molecule has 0 radical (unpaired) electrons. The molecule has 4 N–H and O–H groups in total. The first kappa shape index (κ1) is 14.1. The van der Waals surface area contributed by atoms with Crippen LogP contribution in [0.25, 0.3) is 5.70 Å². The SMILES string of the molecule is O=C(O)c1cc(C(=O)O)c2c(n1)CCC1=C2NC(C(=O)O)C1. The minimum absolute atomic E-state index is 0.173. The molecule has 0 saturated heterocycles. The maximum Gasteiger partial charge on any atom is 0.354 e. The molecule has 0 fully saturated rings. The maximum absolute atomic E-state index is 11.5. The van der Waals surface area contributed by atoms with Crippen LogP contribution >= 0.6 is 0 Å². The number of fused-ring (bicyclic) bond motifs is 2. The summed E-state index contributed by atoms with van der Waals surface area (Å²) >= 11 is 0. The molecule has 8 nitrogen and oxygen atoms in total. The first-order valence-electron chi connectivity index (χ1n) is 6.60. The molecule has 0 saturated carbocycles. The standard InChI is InChI=1S/C14H12N2O6/c17-12(18)6-4-9(14(21)22)15-7-2-1-5-3-8(13(19)20)16-11(5)10(6)7/h4,8,16H,1-3H2,(H,17,18)(H,19,20)(H,21,22). The monoisotopic (exact) mass is 304 g/mol. The minimum atomic E-state index is -1.30. The zero-order valence-corrected chi connectivity index (χ0v) is 11.3. The van der Waals surface area contributed by atoms with Crippen molar-refractivity contribution in [3.63, 3.8) is 0 Å². The molecular weight excluding hydrogens is 292 g/mol. The Hall–Kier alpha value is -2.90. The predicted octanol–water partition coefficient (Wildman–Crippen LogP) is 0.582. The lowest BCUT2D eigenvalue weighted by Crippen LogP contribution is -2.31. The van der Waals surface area contributed by atoms with E-state index in [1.54, 1.807) is 0 Å². The van der Waals surface area contributed by atoms with Crippen molar-refractivity contribution in [2.24, 2.45) is 0 Å². The fourth-order valence-corrected chi connectivity index (χ4v) is 2.91. The highest BCUT2D eigenvalue weighted by Crippen LogP contribution is 2.37. The molecular formula is C14H12N2O6. The average molecular weight is 304 g/mol. The highest BCUT2D eigenvalue weighted by molar-refractivity contribution is 5.99. The van der Waals surface area contributed by atoms with Crippen LogP contribution in [0.2, 0.25) is 0 Å². The van der Waals surface area contributed by atoms with Crippen molar-refractivity contribution in [1.29, 1.82) is 0 Å². The van der Waals surface area contributed by atoms with E-state index in [1.807, 2.05) is 0 Å². The Labute approximate surface area is 124 Å². The van der Waals surface area contributed by atoms with E-state index in [-0.39, 0.29) is 11.3 Å². The van der Waals surface area contributed by atoms with Gasteiger partial charge in [0.1, 0.15) is 11.7 Å². The first-order chi connectivity index (χ1) is 10.4. The molecule has 3 rings (SSSR count). The van der Waals surface area contributed by atoms with Gasteiger partial charge in [-0.05, 0) is 24.5 Å². The van der Waals surface area contributed by atoms with E-state index in [2.05, 4.69) is 10.3 Å². The lowest BCUT2D eigenvalue weighted by Gasteiger charge is -2.20. The molecule has 2 heterocycles. The Balaban J connectivity index is 2.16. The van der Waals surface area contributed by atoms with Crippen molar-refractivity contribution in [2.75, 3.05) is 0 Å². The molecule has 0 spiro atoms. The largest absolute Gasteiger partial charge is 0.480 e. The van der Waals surface area contributed by atoms with Crippen molar-refractivity contribution in [3.05, 3.63) is 34.2 Å². The van der Waals surface area contributed by atoms with Crippen molar-refractivity contribution in [3.8, 4) is 0 Å². The van der Waals surface area contributed by atoms with Crippen LogP contribution in [-0.4, -0.2) is 44.3 Å². The van der Waals surface area contributed by atoms with E-state index in [0.717, 1.165) is 11.6 Å². The minimum Gasteiger partial charge on any atom is -0.480 e. The summed E-state index contributed by atoms with van der Waals surface area (Å²) in [5.41, 5.74) is 1.49. The molecule has 0 aromatic carbocycles. The van der Waals surface area contributed by atoms with Crippen LogP contribution in [0.1, 0.15) is 44.9 Å². The van der Waals surface area contributed by atoms with E-state index in [4.69, 9.17) is 10.2 Å². The lowest BCUT2D eigenvalue weighted by atomic mass is 9.89. The van der Waals surface area contributed by atoms with Gasteiger partial charge in [-0.15, -0.1) is 0 Å². The van der Waals surface area contributed by atoms with Crippen LogP contribution < -0.4 is 5.32 Å². The fraction of sp³-hybridized carbons (Fsp3) is 0.286. The molecule has 1 aliphatic carbocycles. The smallest absolute Gasteiger partial charge is 0.354 e. The van der Waals surface area contributed by atoms with Gasteiger partial charge in [-0.2, -0.15) is 0 Å². The highest BCUT2D eigenvalue weighted by Gasteiger charge is 2.35. The van der Waals surface area contributed by atoms with Crippen molar-refractivity contribution >= 4 is 23.6 Å².